The molecule has 0 spiro atoms. The van der Waals surface area contributed by atoms with Gasteiger partial charge in [0.25, 0.3) is 0 Å². The second-order valence-corrected chi connectivity index (χ2v) is 4.15. The number of carbonyl (C=O) groups excluding carboxylic acids is 1. The van der Waals surface area contributed by atoms with E-state index >= 15 is 0 Å². The molecular weight excluding hydrogens is 247 g/mol. The largest absolute Gasteiger partial charge is 0.356 e. The summed E-state index contributed by atoms with van der Waals surface area (Å²) in [4.78, 5) is 14.7. The number of halogens is 1. The summed E-state index contributed by atoms with van der Waals surface area (Å²) in [6.07, 6.45) is 2.37. The van der Waals surface area contributed by atoms with Gasteiger partial charge in [-0.05, 0) is 24.3 Å². The van der Waals surface area contributed by atoms with Crippen LogP contribution in [0.15, 0.2) is 41.1 Å². The third-order valence-corrected chi connectivity index (χ3v) is 2.84. The Labute approximate surface area is 107 Å². The van der Waals surface area contributed by atoms with Gasteiger partial charge in [0, 0.05) is 23.1 Å². The van der Waals surface area contributed by atoms with Crippen molar-refractivity contribution < 1.29 is 13.7 Å². The third-order valence-electron chi connectivity index (χ3n) is 2.84. The molecule has 0 fully saturated rings. The average Bonchev–Trinajstić information content (AvgIpc) is 2.83. The molecule has 0 aliphatic rings. The van der Waals surface area contributed by atoms with E-state index in [1.807, 2.05) is 0 Å². The van der Waals surface area contributed by atoms with E-state index in [0.717, 1.165) is 11.7 Å². The zero-order valence-corrected chi connectivity index (χ0v) is 9.84. The van der Waals surface area contributed by atoms with Gasteiger partial charge in [-0.2, -0.15) is 0 Å². The lowest BCUT2D eigenvalue weighted by atomic mass is 10.1. The Morgan fingerprint density at radius 2 is 2.16 bits per heavy atom. The van der Waals surface area contributed by atoms with Crippen LogP contribution in [0.25, 0.3) is 11.0 Å². The van der Waals surface area contributed by atoms with Crippen molar-refractivity contribution in [1.82, 2.24) is 10.1 Å². The van der Waals surface area contributed by atoms with Crippen molar-refractivity contribution >= 4 is 17.3 Å². The van der Waals surface area contributed by atoms with Crippen LogP contribution in [0, 0.1) is 5.82 Å². The summed E-state index contributed by atoms with van der Waals surface area (Å²) in [5, 5.41) is 4.79. The van der Waals surface area contributed by atoms with Gasteiger partial charge in [-0.3, -0.25) is 9.78 Å². The molecular formula is C14H9FN2O2. The van der Waals surface area contributed by atoms with Crippen LogP contribution in [-0.4, -0.2) is 16.4 Å². The predicted molar refractivity (Wildman–Crippen MR) is 66.4 cm³/mol. The van der Waals surface area contributed by atoms with Crippen LogP contribution in [0.2, 0.25) is 0 Å². The summed E-state index contributed by atoms with van der Waals surface area (Å²) in [7, 11) is 0. The summed E-state index contributed by atoms with van der Waals surface area (Å²) < 4.78 is 17.9. The number of benzene rings is 1. The Hall–Kier alpha value is -2.56. The first-order chi connectivity index (χ1) is 9.26. The van der Waals surface area contributed by atoms with Crippen molar-refractivity contribution in [2.75, 3.05) is 0 Å². The molecule has 0 atom stereocenters. The van der Waals surface area contributed by atoms with E-state index in [9.17, 15) is 9.18 Å². The van der Waals surface area contributed by atoms with Gasteiger partial charge < -0.3 is 4.52 Å². The number of fused-ring (bicyclic) bond motifs is 1. The fraction of sp³-hybridized carbons (Fsp3) is 0.0714. The third kappa shape index (κ3) is 2.22. The lowest BCUT2D eigenvalue weighted by Gasteiger charge is -1.97. The lowest BCUT2D eigenvalue weighted by Crippen LogP contribution is -1.93. The monoisotopic (exact) mass is 256 g/mol. The molecule has 0 aliphatic carbocycles. The fourth-order valence-electron chi connectivity index (χ4n) is 1.89. The molecule has 0 saturated heterocycles. The van der Waals surface area contributed by atoms with E-state index < -0.39 is 0 Å². The Morgan fingerprint density at radius 3 is 2.89 bits per heavy atom. The predicted octanol–water partition coefficient (Wildman–Crippen LogP) is 2.77. The fourth-order valence-corrected chi connectivity index (χ4v) is 1.89. The van der Waals surface area contributed by atoms with Crippen LogP contribution in [-0.2, 0) is 6.42 Å². The molecule has 0 N–H and O–H groups in total. The van der Waals surface area contributed by atoms with Crippen molar-refractivity contribution in [2.45, 2.75) is 6.42 Å². The normalized spacial score (nSPS) is 10.8. The minimum Gasteiger partial charge on any atom is -0.356 e. The molecule has 2 aromatic heterocycles. The minimum absolute atomic E-state index is 0.371. The van der Waals surface area contributed by atoms with Crippen molar-refractivity contribution in [3.63, 3.8) is 0 Å². The smallest absolute Gasteiger partial charge is 0.167 e. The van der Waals surface area contributed by atoms with Crippen molar-refractivity contribution in [3.8, 4) is 0 Å². The average molecular weight is 256 g/mol. The molecule has 3 aromatic rings. The maximum absolute atomic E-state index is 12.8. The number of hydrogen-bond acceptors (Lipinski definition) is 4. The highest BCUT2D eigenvalue weighted by Gasteiger charge is 2.10. The first-order valence-electron chi connectivity index (χ1n) is 5.70. The highest BCUT2D eigenvalue weighted by Crippen LogP contribution is 2.21. The van der Waals surface area contributed by atoms with Crippen LogP contribution in [0.5, 0.6) is 0 Å². The van der Waals surface area contributed by atoms with Gasteiger partial charge >= 0.3 is 0 Å². The Bertz CT molecular complexity index is 735. The molecule has 4 nitrogen and oxygen atoms in total. The first kappa shape index (κ1) is 11.5. The van der Waals surface area contributed by atoms with Crippen molar-refractivity contribution in [3.05, 3.63) is 59.3 Å². The topological polar surface area (TPSA) is 56.0 Å². The summed E-state index contributed by atoms with van der Waals surface area (Å²) in [6.45, 7) is 0. The number of nitrogens with zero attached hydrogens (tertiary/aromatic N) is 2. The second kappa shape index (κ2) is 4.61. The number of rotatable bonds is 3. The summed E-state index contributed by atoms with van der Waals surface area (Å²) >= 11 is 0. The zero-order chi connectivity index (χ0) is 13.2. The van der Waals surface area contributed by atoms with Gasteiger partial charge in [-0.1, -0.05) is 11.2 Å². The molecule has 3 rings (SSSR count). The molecule has 0 saturated carbocycles. The van der Waals surface area contributed by atoms with Crippen LogP contribution < -0.4 is 0 Å². The minimum atomic E-state index is -0.371. The molecule has 1 aromatic carbocycles. The van der Waals surface area contributed by atoms with Crippen LogP contribution >= 0.6 is 0 Å². The second-order valence-electron chi connectivity index (χ2n) is 4.15. The Kier molecular flexibility index (Phi) is 2.79. The van der Waals surface area contributed by atoms with E-state index in [1.165, 1.54) is 12.3 Å². The highest BCUT2D eigenvalue weighted by molar-refractivity contribution is 5.86. The van der Waals surface area contributed by atoms with E-state index in [0.29, 0.717) is 29.0 Å². The van der Waals surface area contributed by atoms with E-state index in [4.69, 9.17) is 4.52 Å². The van der Waals surface area contributed by atoms with Crippen molar-refractivity contribution in [1.29, 1.82) is 0 Å². The number of aromatic nitrogens is 2. The molecule has 19 heavy (non-hydrogen) atoms. The maximum Gasteiger partial charge on any atom is 0.167 e. The van der Waals surface area contributed by atoms with Gasteiger partial charge in [0.05, 0.1) is 11.9 Å². The van der Waals surface area contributed by atoms with Gasteiger partial charge in [-0.15, -0.1) is 0 Å². The summed E-state index contributed by atoms with van der Waals surface area (Å²) in [6, 6.07) is 8.09. The summed E-state index contributed by atoms with van der Waals surface area (Å²) in [5.74, 6) is -0.371. The quantitative estimate of drug-likeness (QED) is 0.676. The number of aldehydes is 1. The number of hydrogen-bond donors (Lipinski definition) is 0. The molecule has 0 radical (unpaired) electrons. The maximum atomic E-state index is 12.8. The first-order valence-corrected chi connectivity index (χ1v) is 5.70. The van der Waals surface area contributed by atoms with Gasteiger partial charge in [0.2, 0.25) is 0 Å². The van der Waals surface area contributed by atoms with E-state index in [-0.39, 0.29) is 5.82 Å². The van der Waals surface area contributed by atoms with Crippen LogP contribution in [0.4, 0.5) is 4.39 Å². The highest BCUT2D eigenvalue weighted by atomic mass is 19.1. The molecule has 0 unspecified atom stereocenters. The standard InChI is InChI=1S/C14H9FN2O2/c15-10-2-3-11(16-7-10)6-13-12-4-1-9(8-18)5-14(12)19-17-13/h1-5,7-8H,6H2. The van der Waals surface area contributed by atoms with Crippen molar-refractivity contribution in [2.24, 2.45) is 0 Å². The molecule has 0 bridgehead atoms. The van der Waals surface area contributed by atoms with Gasteiger partial charge in [0.1, 0.15) is 12.1 Å². The van der Waals surface area contributed by atoms with Gasteiger partial charge in [0.15, 0.2) is 5.58 Å². The lowest BCUT2D eigenvalue weighted by molar-refractivity contribution is 0.112. The zero-order valence-electron chi connectivity index (χ0n) is 9.84. The number of pyridine rings is 1. The van der Waals surface area contributed by atoms with Gasteiger partial charge in [-0.25, -0.2) is 4.39 Å². The Morgan fingerprint density at radius 1 is 1.26 bits per heavy atom. The molecule has 5 heteroatoms. The van der Waals surface area contributed by atoms with Crippen LogP contribution in [0.1, 0.15) is 21.7 Å². The van der Waals surface area contributed by atoms with Crippen LogP contribution in [0.3, 0.4) is 0 Å². The number of carbonyl (C=O) groups is 1. The summed E-state index contributed by atoms with van der Waals surface area (Å²) in [5.41, 5.74) is 2.51. The molecule has 94 valence electrons. The van der Waals surface area contributed by atoms with E-state index in [1.54, 1.807) is 24.3 Å². The SMILES string of the molecule is O=Cc1ccc2c(Cc3ccc(F)cn3)noc2c1. The molecule has 0 amide bonds. The molecule has 0 aliphatic heterocycles. The van der Waals surface area contributed by atoms with E-state index in [2.05, 4.69) is 10.1 Å². The molecule has 2 heterocycles. The Balaban J connectivity index is 1.97.